The summed E-state index contributed by atoms with van der Waals surface area (Å²) in [5.41, 5.74) is 3.14. The predicted octanol–water partition coefficient (Wildman–Crippen LogP) is 2.25. The number of likely N-dealkylation sites (N-methyl/N-ethyl adjacent to an activating group) is 1. The minimum absolute atomic E-state index is 0.0785. The highest BCUT2D eigenvalue weighted by Crippen LogP contribution is 2.20. The summed E-state index contributed by atoms with van der Waals surface area (Å²) in [5.74, 6) is -0.175. The van der Waals surface area contributed by atoms with E-state index in [2.05, 4.69) is 10.1 Å². The van der Waals surface area contributed by atoms with E-state index in [1.54, 1.807) is 22.7 Å². The van der Waals surface area contributed by atoms with Crippen molar-refractivity contribution in [1.29, 1.82) is 0 Å². The maximum absolute atomic E-state index is 12.9. The SMILES string of the molecule is CCN(C[C@H](O)c1cccc(O)c1)C(=O)c1cc(C)n2nc(C)cc2n1. The molecule has 0 aliphatic heterocycles. The second-order valence-corrected chi connectivity index (χ2v) is 6.29. The molecule has 0 aliphatic rings. The van der Waals surface area contributed by atoms with Crippen LogP contribution in [-0.2, 0) is 0 Å². The van der Waals surface area contributed by atoms with Crippen molar-refractivity contribution in [3.05, 3.63) is 59.0 Å². The van der Waals surface area contributed by atoms with E-state index in [0.29, 0.717) is 23.4 Å². The van der Waals surface area contributed by atoms with Crippen LogP contribution >= 0.6 is 0 Å². The Hall–Kier alpha value is -2.93. The van der Waals surface area contributed by atoms with Crippen molar-refractivity contribution in [2.24, 2.45) is 0 Å². The van der Waals surface area contributed by atoms with Crippen LogP contribution in [0.4, 0.5) is 0 Å². The van der Waals surface area contributed by atoms with E-state index in [4.69, 9.17) is 0 Å². The van der Waals surface area contributed by atoms with Gasteiger partial charge in [0, 0.05) is 18.3 Å². The van der Waals surface area contributed by atoms with Crippen LogP contribution in [0.2, 0.25) is 0 Å². The Morgan fingerprint density at radius 1 is 1.27 bits per heavy atom. The lowest BCUT2D eigenvalue weighted by Gasteiger charge is -2.24. The van der Waals surface area contributed by atoms with E-state index in [0.717, 1.165) is 11.4 Å². The molecule has 0 radical (unpaired) electrons. The number of hydrogen-bond acceptors (Lipinski definition) is 5. The van der Waals surface area contributed by atoms with Gasteiger partial charge in [0.25, 0.3) is 5.91 Å². The monoisotopic (exact) mass is 354 g/mol. The summed E-state index contributed by atoms with van der Waals surface area (Å²) in [6.07, 6.45) is -0.895. The van der Waals surface area contributed by atoms with Gasteiger partial charge in [-0.2, -0.15) is 5.10 Å². The first kappa shape index (κ1) is 17.9. The van der Waals surface area contributed by atoms with E-state index >= 15 is 0 Å². The highest BCUT2D eigenvalue weighted by molar-refractivity contribution is 5.93. The van der Waals surface area contributed by atoms with Crippen molar-refractivity contribution >= 4 is 11.6 Å². The predicted molar refractivity (Wildman–Crippen MR) is 97.1 cm³/mol. The number of carbonyl (C=O) groups excluding carboxylic acids is 1. The first-order valence-electron chi connectivity index (χ1n) is 8.49. The van der Waals surface area contributed by atoms with Crippen LogP contribution in [-0.4, -0.2) is 48.7 Å². The minimum atomic E-state index is -0.895. The number of phenols is 1. The van der Waals surface area contributed by atoms with Gasteiger partial charge in [-0.05, 0) is 44.5 Å². The molecule has 1 amide bonds. The molecule has 136 valence electrons. The number of amides is 1. The highest BCUT2D eigenvalue weighted by atomic mass is 16.3. The number of rotatable bonds is 5. The number of aryl methyl sites for hydroxylation is 2. The minimum Gasteiger partial charge on any atom is -0.508 e. The average Bonchev–Trinajstić information content (AvgIpc) is 2.99. The number of hydrogen-bond donors (Lipinski definition) is 2. The van der Waals surface area contributed by atoms with Crippen molar-refractivity contribution in [3.63, 3.8) is 0 Å². The van der Waals surface area contributed by atoms with Crippen molar-refractivity contribution in [2.45, 2.75) is 26.9 Å². The Labute approximate surface area is 151 Å². The third-order valence-electron chi connectivity index (χ3n) is 4.26. The Morgan fingerprint density at radius 2 is 2.04 bits per heavy atom. The number of carbonyl (C=O) groups is 1. The maximum Gasteiger partial charge on any atom is 0.272 e. The number of aliphatic hydroxyl groups excluding tert-OH is 1. The summed E-state index contributed by atoms with van der Waals surface area (Å²) in [7, 11) is 0. The normalized spacial score (nSPS) is 12.3. The Bertz CT molecular complexity index is 951. The fourth-order valence-electron chi connectivity index (χ4n) is 2.91. The standard InChI is InChI=1S/C19H22N4O3/c1-4-22(11-17(25)14-6-5-7-15(24)10-14)19(26)16-9-13(3)23-18(20-16)8-12(2)21-23/h5-10,17,24-25H,4,11H2,1-3H3/t17-/m0/s1. The zero-order valence-electron chi connectivity index (χ0n) is 15.0. The molecule has 0 fully saturated rings. The molecular formula is C19H22N4O3. The molecule has 0 bridgehead atoms. The number of aliphatic hydroxyl groups is 1. The van der Waals surface area contributed by atoms with E-state index in [-0.39, 0.29) is 18.2 Å². The van der Waals surface area contributed by atoms with Crippen LogP contribution in [0.1, 0.15) is 40.5 Å². The summed E-state index contributed by atoms with van der Waals surface area (Å²) in [5, 5.41) is 24.3. The molecule has 1 atom stereocenters. The number of aromatic hydroxyl groups is 1. The van der Waals surface area contributed by atoms with Gasteiger partial charge in [0.05, 0.1) is 18.3 Å². The third-order valence-corrected chi connectivity index (χ3v) is 4.26. The second kappa shape index (κ2) is 7.13. The molecule has 0 saturated heterocycles. The van der Waals surface area contributed by atoms with Gasteiger partial charge in [0.15, 0.2) is 5.65 Å². The van der Waals surface area contributed by atoms with Gasteiger partial charge in [-0.1, -0.05) is 12.1 Å². The maximum atomic E-state index is 12.9. The zero-order valence-corrected chi connectivity index (χ0v) is 15.0. The van der Waals surface area contributed by atoms with Crippen LogP contribution in [0.25, 0.3) is 5.65 Å². The molecule has 2 aromatic heterocycles. The Kier molecular flexibility index (Phi) is 4.90. The second-order valence-electron chi connectivity index (χ2n) is 6.29. The molecule has 3 rings (SSSR count). The largest absolute Gasteiger partial charge is 0.508 e. The van der Waals surface area contributed by atoms with Gasteiger partial charge in [-0.25, -0.2) is 9.50 Å². The lowest BCUT2D eigenvalue weighted by atomic mass is 10.1. The smallest absolute Gasteiger partial charge is 0.272 e. The lowest BCUT2D eigenvalue weighted by Crippen LogP contribution is -2.35. The topological polar surface area (TPSA) is 91.0 Å². The van der Waals surface area contributed by atoms with Crippen molar-refractivity contribution in [3.8, 4) is 5.75 Å². The van der Waals surface area contributed by atoms with E-state index < -0.39 is 6.10 Å². The molecule has 0 spiro atoms. The number of benzene rings is 1. The molecule has 2 N–H and O–H groups in total. The number of nitrogens with zero attached hydrogens (tertiary/aromatic N) is 4. The summed E-state index contributed by atoms with van der Waals surface area (Å²) in [6.45, 7) is 6.14. The van der Waals surface area contributed by atoms with E-state index in [1.807, 2.05) is 26.8 Å². The van der Waals surface area contributed by atoms with Crippen LogP contribution in [0.3, 0.4) is 0 Å². The lowest BCUT2D eigenvalue weighted by molar-refractivity contribution is 0.0629. The van der Waals surface area contributed by atoms with E-state index in [9.17, 15) is 15.0 Å². The number of aromatic nitrogens is 3. The molecular weight excluding hydrogens is 332 g/mol. The third kappa shape index (κ3) is 3.52. The van der Waals surface area contributed by atoms with Gasteiger partial charge in [0.1, 0.15) is 11.4 Å². The first-order chi connectivity index (χ1) is 12.4. The fourth-order valence-corrected chi connectivity index (χ4v) is 2.91. The zero-order chi connectivity index (χ0) is 18.8. The Balaban J connectivity index is 1.84. The fraction of sp³-hybridized carbons (Fsp3) is 0.316. The number of phenolic OH excluding ortho intramolecular Hbond substituents is 1. The molecule has 26 heavy (non-hydrogen) atoms. The van der Waals surface area contributed by atoms with Crippen LogP contribution in [0.5, 0.6) is 5.75 Å². The quantitative estimate of drug-likeness (QED) is 0.733. The molecule has 0 aliphatic carbocycles. The summed E-state index contributed by atoms with van der Waals surface area (Å²) >= 11 is 0. The highest BCUT2D eigenvalue weighted by Gasteiger charge is 2.21. The Morgan fingerprint density at radius 3 is 2.73 bits per heavy atom. The summed E-state index contributed by atoms with van der Waals surface area (Å²) < 4.78 is 1.70. The summed E-state index contributed by atoms with van der Waals surface area (Å²) in [4.78, 5) is 18.8. The van der Waals surface area contributed by atoms with Crippen molar-refractivity contribution in [1.82, 2.24) is 19.5 Å². The van der Waals surface area contributed by atoms with Crippen molar-refractivity contribution in [2.75, 3.05) is 13.1 Å². The molecule has 0 saturated carbocycles. The number of fused-ring (bicyclic) bond motifs is 1. The molecule has 7 heteroatoms. The molecule has 0 unspecified atom stereocenters. The van der Waals surface area contributed by atoms with Gasteiger partial charge < -0.3 is 15.1 Å². The first-order valence-corrected chi connectivity index (χ1v) is 8.49. The molecule has 2 heterocycles. The summed E-state index contributed by atoms with van der Waals surface area (Å²) in [6, 6.07) is 9.92. The van der Waals surface area contributed by atoms with Crippen molar-refractivity contribution < 1.29 is 15.0 Å². The van der Waals surface area contributed by atoms with Gasteiger partial charge >= 0.3 is 0 Å². The van der Waals surface area contributed by atoms with Gasteiger partial charge in [-0.15, -0.1) is 0 Å². The van der Waals surface area contributed by atoms with Crippen LogP contribution < -0.4 is 0 Å². The average molecular weight is 354 g/mol. The van der Waals surface area contributed by atoms with E-state index in [1.165, 1.54) is 17.0 Å². The molecule has 1 aromatic carbocycles. The van der Waals surface area contributed by atoms with Gasteiger partial charge in [-0.3, -0.25) is 4.79 Å². The molecule has 7 nitrogen and oxygen atoms in total. The van der Waals surface area contributed by atoms with Crippen LogP contribution in [0, 0.1) is 13.8 Å². The van der Waals surface area contributed by atoms with Crippen LogP contribution in [0.15, 0.2) is 36.4 Å². The van der Waals surface area contributed by atoms with Gasteiger partial charge in [0.2, 0.25) is 0 Å². The molecule has 3 aromatic rings.